The number of thiophene rings is 1. The third-order valence-electron chi connectivity index (χ3n) is 4.23. The van der Waals surface area contributed by atoms with Crippen molar-refractivity contribution in [2.24, 2.45) is 0 Å². The van der Waals surface area contributed by atoms with E-state index in [1.807, 2.05) is 35.7 Å². The zero-order chi connectivity index (χ0) is 21.1. The highest BCUT2D eigenvalue weighted by Gasteiger charge is 2.30. The molecule has 0 aliphatic carbocycles. The monoisotopic (exact) mass is 445 g/mol. The van der Waals surface area contributed by atoms with Gasteiger partial charge in [-0.2, -0.15) is 13.2 Å². The molecule has 0 aliphatic heterocycles. The van der Waals surface area contributed by atoms with Crippen LogP contribution < -0.4 is 5.32 Å². The summed E-state index contributed by atoms with van der Waals surface area (Å²) in [4.78, 5) is 21.8. The molecule has 0 atom stereocenters. The number of amides is 1. The van der Waals surface area contributed by atoms with E-state index in [1.165, 1.54) is 41.6 Å². The summed E-state index contributed by atoms with van der Waals surface area (Å²) in [6, 6.07) is 14.4. The first-order valence-corrected chi connectivity index (χ1v) is 10.7. The molecule has 0 spiro atoms. The SMILES string of the molecule is O=C(CSc1ncnc2scc(-c3ccccc3)c12)Nc1cccc(C(F)(F)F)c1. The number of hydrogen-bond donors (Lipinski definition) is 1. The summed E-state index contributed by atoms with van der Waals surface area (Å²) in [6.45, 7) is 0. The fourth-order valence-corrected chi connectivity index (χ4v) is 4.68. The van der Waals surface area contributed by atoms with Gasteiger partial charge in [0.15, 0.2) is 0 Å². The Morgan fingerprint density at radius 1 is 1.07 bits per heavy atom. The molecule has 0 radical (unpaired) electrons. The molecule has 2 aromatic carbocycles. The molecule has 0 bridgehead atoms. The Hall–Kier alpha value is -2.91. The minimum absolute atomic E-state index is 0.00638. The Balaban J connectivity index is 1.52. The van der Waals surface area contributed by atoms with Gasteiger partial charge in [-0.15, -0.1) is 11.3 Å². The molecule has 9 heteroatoms. The van der Waals surface area contributed by atoms with E-state index < -0.39 is 17.6 Å². The number of halogens is 3. The molecule has 1 N–H and O–H groups in total. The van der Waals surface area contributed by atoms with Gasteiger partial charge in [0.2, 0.25) is 5.91 Å². The normalized spacial score (nSPS) is 11.6. The van der Waals surface area contributed by atoms with Crippen LogP contribution >= 0.6 is 23.1 Å². The number of rotatable bonds is 5. The maximum absolute atomic E-state index is 12.8. The second kappa shape index (κ2) is 8.45. The molecule has 0 saturated carbocycles. The van der Waals surface area contributed by atoms with Gasteiger partial charge in [-0.25, -0.2) is 9.97 Å². The first kappa shape index (κ1) is 20.4. The number of alkyl halides is 3. The number of carbonyl (C=O) groups is 1. The van der Waals surface area contributed by atoms with Crippen molar-refractivity contribution in [2.45, 2.75) is 11.2 Å². The Morgan fingerprint density at radius 3 is 2.63 bits per heavy atom. The summed E-state index contributed by atoms with van der Waals surface area (Å²) in [6.07, 6.45) is -3.02. The zero-order valence-corrected chi connectivity index (χ0v) is 16.9. The van der Waals surface area contributed by atoms with Crippen LogP contribution in [0.1, 0.15) is 5.56 Å². The highest BCUT2D eigenvalue weighted by Crippen LogP contribution is 2.37. The quantitative estimate of drug-likeness (QED) is 0.298. The molecule has 2 heterocycles. The number of fused-ring (bicyclic) bond motifs is 1. The van der Waals surface area contributed by atoms with E-state index in [0.29, 0.717) is 5.03 Å². The molecular weight excluding hydrogens is 431 g/mol. The van der Waals surface area contributed by atoms with Gasteiger partial charge in [-0.05, 0) is 23.8 Å². The summed E-state index contributed by atoms with van der Waals surface area (Å²) in [5, 5.41) is 6.03. The molecule has 2 aromatic heterocycles. The Labute approximate surface area is 178 Å². The van der Waals surface area contributed by atoms with Crippen molar-refractivity contribution < 1.29 is 18.0 Å². The van der Waals surface area contributed by atoms with Crippen LogP contribution in [0.4, 0.5) is 18.9 Å². The number of benzene rings is 2. The summed E-state index contributed by atoms with van der Waals surface area (Å²) in [7, 11) is 0. The van der Waals surface area contributed by atoms with Gasteiger partial charge in [-0.1, -0.05) is 48.2 Å². The average molecular weight is 445 g/mol. The number of nitrogens with one attached hydrogen (secondary N) is 1. The smallest absolute Gasteiger partial charge is 0.325 e. The summed E-state index contributed by atoms with van der Waals surface area (Å²) in [5.74, 6) is -0.408. The van der Waals surface area contributed by atoms with Crippen molar-refractivity contribution >= 4 is 44.9 Å². The van der Waals surface area contributed by atoms with E-state index in [9.17, 15) is 18.0 Å². The van der Waals surface area contributed by atoms with Gasteiger partial charge in [0.1, 0.15) is 16.2 Å². The lowest BCUT2D eigenvalue weighted by molar-refractivity contribution is -0.137. The predicted molar refractivity (Wildman–Crippen MR) is 114 cm³/mol. The molecule has 0 aliphatic rings. The van der Waals surface area contributed by atoms with Crippen LogP contribution in [-0.4, -0.2) is 21.6 Å². The van der Waals surface area contributed by atoms with E-state index in [4.69, 9.17) is 0 Å². The third-order valence-corrected chi connectivity index (χ3v) is 6.11. The van der Waals surface area contributed by atoms with Crippen LogP contribution in [0.2, 0.25) is 0 Å². The van der Waals surface area contributed by atoms with Gasteiger partial charge >= 0.3 is 6.18 Å². The van der Waals surface area contributed by atoms with Crippen molar-refractivity contribution in [2.75, 3.05) is 11.1 Å². The Kier molecular flexibility index (Phi) is 5.74. The second-order valence-corrected chi connectivity index (χ2v) is 8.11. The molecule has 0 saturated heterocycles. The number of anilines is 1. The molecule has 1 amide bonds. The number of thioether (sulfide) groups is 1. The fourth-order valence-electron chi connectivity index (χ4n) is 2.89. The molecule has 4 rings (SSSR count). The molecule has 152 valence electrons. The second-order valence-electron chi connectivity index (χ2n) is 6.29. The first-order chi connectivity index (χ1) is 14.4. The largest absolute Gasteiger partial charge is 0.416 e. The Bertz CT molecular complexity index is 1190. The molecule has 4 nitrogen and oxygen atoms in total. The molecule has 0 fully saturated rings. The topological polar surface area (TPSA) is 54.9 Å². The third kappa shape index (κ3) is 4.47. The lowest BCUT2D eigenvalue weighted by Gasteiger charge is -2.10. The van der Waals surface area contributed by atoms with E-state index >= 15 is 0 Å². The fraction of sp³-hybridized carbons (Fsp3) is 0.0952. The van der Waals surface area contributed by atoms with Crippen LogP contribution in [0.25, 0.3) is 21.3 Å². The van der Waals surface area contributed by atoms with Crippen molar-refractivity contribution in [3.8, 4) is 11.1 Å². The lowest BCUT2D eigenvalue weighted by atomic mass is 10.1. The molecule has 0 unspecified atom stereocenters. The predicted octanol–water partition coefficient (Wildman–Crippen LogP) is 6.11. The van der Waals surface area contributed by atoms with Crippen LogP contribution in [0.15, 0.2) is 71.3 Å². The van der Waals surface area contributed by atoms with Gasteiger partial charge in [-0.3, -0.25) is 4.79 Å². The lowest BCUT2D eigenvalue weighted by Crippen LogP contribution is -2.15. The van der Waals surface area contributed by atoms with Gasteiger partial charge in [0.25, 0.3) is 0 Å². The van der Waals surface area contributed by atoms with Crippen molar-refractivity contribution in [3.05, 3.63) is 71.9 Å². The maximum atomic E-state index is 12.8. The highest BCUT2D eigenvalue weighted by molar-refractivity contribution is 8.00. The highest BCUT2D eigenvalue weighted by atomic mass is 32.2. The molecule has 30 heavy (non-hydrogen) atoms. The van der Waals surface area contributed by atoms with Crippen LogP contribution in [0, 0.1) is 0 Å². The van der Waals surface area contributed by atoms with Crippen LogP contribution in [0.5, 0.6) is 0 Å². The molecule has 4 aromatic rings. The van der Waals surface area contributed by atoms with Crippen LogP contribution in [-0.2, 0) is 11.0 Å². The minimum atomic E-state index is -4.46. The van der Waals surface area contributed by atoms with E-state index in [2.05, 4.69) is 15.3 Å². The number of nitrogens with zero attached hydrogens (tertiary/aromatic N) is 2. The Morgan fingerprint density at radius 2 is 1.87 bits per heavy atom. The maximum Gasteiger partial charge on any atom is 0.416 e. The average Bonchev–Trinajstić information content (AvgIpc) is 3.17. The van der Waals surface area contributed by atoms with Gasteiger partial charge in [0, 0.05) is 16.6 Å². The van der Waals surface area contributed by atoms with Gasteiger partial charge in [0.05, 0.1) is 16.7 Å². The summed E-state index contributed by atoms with van der Waals surface area (Å²) >= 11 is 2.71. The minimum Gasteiger partial charge on any atom is -0.325 e. The standard InChI is InChI=1S/C21H14F3N3OS2/c22-21(23,24)14-7-4-8-15(9-14)27-17(28)11-30-20-18-16(13-5-2-1-3-6-13)10-29-19(18)25-12-26-20/h1-10,12H,11H2,(H,27,28). The van der Waals surface area contributed by atoms with Crippen molar-refractivity contribution in [1.29, 1.82) is 0 Å². The first-order valence-electron chi connectivity index (χ1n) is 8.79. The number of aromatic nitrogens is 2. The summed E-state index contributed by atoms with van der Waals surface area (Å²) in [5.41, 5.74) is 1.30. The van der Waals surface area contributed by atoms with Crippen LogP contribution in [0.3, 0.4) is 0 Å². The number of carbonyl (C=O) groups excluding carboxylic acids is 1. The van der Waals surface area contributed by atoms with E-state index in [1.54, 1.807) is 0 Å². The summed E-state index contributed by atoms with van der Waals surface area (Å²) < 4.78 is 38.5. The van der Waals surface area contributed by atoms with E-state index in [0.717, 1.165) is 33.5 Å². The molecular formula is C21H14F3N3OS2. The van der Waals surface area contributed by atoms with Crippen molar-refractivity contribution in [1.82, 2.24) is 9.97 Å². The van der Waals surface area contributed by atoms with Crippen molar-refractivity contribution in [3.63, 3.8) is 0 Å². The van der Waals surface area contributed by atoms with E-state index in [-0.39, 0.29) is 11.4 Å². The number of hydrogen-bond acceptors (Lipinski definition) is 5. The van der Waals surface area contributed by atoms with Gasteiger partial charge < -0.3 is 5.32 Å². The zero-order valence-electron chi connectivity index (χ0n) is 15.3.